The first-order chi connectivity index (χ1) is 12.5. The average Bonchev–Trinajstić information content (AvgIpc) is 3.36. The van der Waals surface area contributed by atoms with Gasteiger partial charge in [-0.3, -0.25) is 4.99 Å². The van der Waals surface area contributed by atoms with E-state index >= 15 is 0 Å². The van der Waals surface area contributed by atoms with E-state index < -0.39 is 10.0 Å². The lowest BCUT2D eigenvalue weighted by Gasteiger charge is -2.23. The number of fused-ring (bicyclic) bond motifs is 5. The summed E-state index contributed by atoms with van der Waals surface area (Å²) in [6, 6.07) is 6.97. The van der Waals surface area contributed by atoms with Gasteiger partial charge in [-0.05, 0) is 37.6 Å². The number of nitrogens with zero attached hydrogens (tertiary/aromatic N) is 2. The van der Waals surface area contributed by atoms with Crippen molar-refractivity contribution in [2.75, 3.05) is 27.2 Å². The van der Waals surface area contributed by atoms with Gasteiger partial charge in [0.2, 0.25) is 10.0 Å². The van der Waals surface area contributed by atoms with E-state index in [2.05, 4.69) is 19.9 Å². The van der Waals surface area contributed by atoms with Crippen LogP contribution in [-0.4, -0.2) is 58.7 Å². The molecule has 1 aromatic rings. The molecule has 3 heterocycles. The summed E-state index contributed by atoms with van der Waals surface area (Å²) in [7, 11) is -0.214. The summed E-state index contributed by atoms with van der Waals surface area (Å²) in [6.45, 7) is 2.51. The summed E-state index contributed by atoms with van der Waals surface area (Å²) in [6.07, 6.45) is 3.24. The highest BCUT2D eigenvalue weighted by molar-refractivity contribution is 14.0. The Balaban J connectivity index is 0.00000210. The van der Waals surface area contributed by atoms with Crippen molar-refractivity contribution in [3.8, 4) is 0 Å². The number of guanidine groups is 1. The maximum absolute atomic E-state index is 12.0. The van der Waals surface area contributed by atoms with Crippen molar-refractivity contribution in [2.24, 2.45) is 16.8 Å². The summed E-state index contributed by atoms with van der Waals surface area (Å²) in [4.78, 5) is 7.02. The highest BCUT2D eigenvalue weighted by Crippen LogP contribution is 2.47. The lowest BCUT2D eigenvalue weighted by molar-refractivity contribution is 0.0767. The molecule has 0 aliphatic carbocycles. The Morgan fingerprint density at radius 1 is 1.26 bits per heavy atom. The molecule has 4 atom stereocenters. The van der Waals surface area contributed by atoms with Crippen molar-refractivity contribution >= 4 is 40.0 Å². The van der Waals surface area contributed by atoms with Crippen LogP contribution in [-0.2, 0) is 21.3 Å². The highest BCUT2D eigenvalue weighted by atomic mass is 127. The SMILES string of the molecule is CN=C(NCc1cccc(S(=O)(=O)NC)c1)N1CC2C3CCC(O3)C2C1.I. The van der Waals surface area contributed by atoms with Crippen LogP contribution in [0.15, 0.2) is 34.2 Å². The first-order valence-corrected chi connectivity index (χ1v) is 10.6. The van der Waals surface area contributed by atoms with Crippen LogP contribution in [0.3, 0.4) is 0 Å². The predicted molar refractivity (Wildman–Crippen MR) is 115 cm³/mol. The minimum absolute atomic E-state index is 0. The van der Waals surface area contributed by atoms with Crippen LogP contribution in [0.25, 0.3) is 0 Å². The van der Waals surface area contributed by atoms with E-state index in [4.69, 9.17) is 4.74 Å². The molecule has 1 aromatic carbocycles. The van der Waals surface area contributed by atoms with Crippen LogP contribution in [0.4, 0.5) is 0 Å². The molecule has 150 valence electrons. The molecule has 2 bridgehead atoms. The summed E-state index contributed by atoms with van der Waals surface area (Å²) in [5.41, 5.74) is 0.908. The summed E-state index contributed by atoms with van der Waals surface area (Å²) < 4.78 is 32.3. The monoisotopic (exact) mass is 506 g/mol. The molecule has 0 aromatic heterocycles. The molecule has 27 heavy (non-hydrogen) atoms. The number of nitrogens with one attached hydrogen (secondary N) is 2. The maximum Gasteiger partial charge on any atom is 0.240 e. The third-order valence-corrected chi connectivity index (χ3v) is 7.30. The Morgan fingerprint density at radius 3 is 2.52 bits per heavy atom. The zero-order valence-corrected chi connectivity index (χ0v) is 18.7. The third kappa shape index (κ3) is 3.96. The smallest absolute Gasteiger partial charge is 0.240 e. The Kier molecular flexibility index (Phi) is 6.34. The number of likely N-dealkylation sites (tertiary alicyclic amines) is 1. The van der Waals surface area contributed by atoms with E-state index in [1.807, 2.05) is 6.07 Å². The topological polar surface area (TPSA) is 83.0 Å². The molecule has 3 aliphatic heterocycles. The number of hydrogen-bond acceptors (Lipinski definition) is 4. The molecule has 0 saturated carbocycles. The van der Waals surface area contributed by atoms with E-state index in [0.717, 1.165) is 24.6 Å². The zero-order chi connectivity index (χ0) is 18.3. The van der Waals surface area contributed by atoms with E-state index in [-0.39, 0.29) is 28.9 Å². The summed E-state index contributed by atoms with van der Waals surface area (Å²) >= 11 is 0. The minimum atomic E-state index is -3.43. The number of rotatable bonds is 4. The Bertz CT molecular complexity index is 799. The number of sulfonamides is 1. The van der Waals surface area contributed by atoms with Crippen molar-refractivity contribution in [3.05, 3.63) is 29.8 Å². The van der Waals surface area contributed by atoms with Gasteiger partial charge in [-0.25, -0.2) is 13.1 Å². The molecular weight excluding hydrogens is 479 g/mol. The number of benzene rings is 1. The van der Waals surface area contributed by atoms with Crippen molar-refractivity contribution < 1.29 is 13.2 Å². The van der Waals surface area contributed by atoms with Crippen LogP contribution >= 0.6 is 24.0 Å². The first-order valence-electron chi connectivity index (χ1n) is 9.15. The maximum atomic E-state index is 12.0. The largest absolute Gasteiger partial charge is 0.374 e. The predicted octanol–water partition coefficient (Wildman–Crippen LogP) is 1.40. The van der Waals surface area contributed by atoms with Gasteiger partial charge < -0.3 is 15.0 Å². The van der Waals surface area contributed by atoms with Gasteiger partial charge in [-0.15, -0.1) is 24.0 Å². The molecule has 0 radical (unpaired) electrons. The lowest BCUT2D eigenvalue weighted by Crippen LogP contribution is -2.41. The molecule has 3 fully saturated rings. The zero-order valence-electron chi connectivity index (χ0n) is 15.6. The fourth-order valence-corrected chi connectivity index (χ4v) is 5.39. The molecule has 0 spiro atoms. The van der Waals surface area contributed by atoms with Crippen molar-refractivity contribution in [2.45, 2.75) is 36.5 Å². The second-order valence-corrected chi connectivity index (χ2v) is 9.17. The van der Waals surface area contributed by atoms with Crippen molar-refractivity contribution in [1.29, 1.82) is 0 Å². The fourth-order valence-electron chi connectivity index (χ4n) is 4.59. The number of hydrogen-bond donors (Lipinski definition) is 2. The van der Waals surface area contributed by atoms with Crippen LogP contribution in [0.5, 0.6) is 0 Å². The molecular formula is C18H27IN4O3S. The molecule has 4 unspecified atom stereocenters. The van der Waals surface area contributed by atoms with Crippen LogP contribution in [0.2, 0.25) is 0 Å². The minimum Gasteiger partial charge on any atom is -0.374 e. The Labute approximate surface area is 178 Å². The van der Waals surface area contributed by atoms with E-state index in [0.29, 0.717) is 30.6 Å². The second kappa shape index (κ2) is 8.22. The van der Waals surface area contributed by atoms with Gasteiger partial charge >= 0.3 is 0 Å². The van der Waals surface area contributed by atoms with Crippen LogP contribution in [0, 0.1) is 11.8 Å². The highest BCUT2D eigenvalue weighted by Gasteiger charge is 2.53. The molecule has 9 heteroatoms. The van der Waals surface area contributed by atoms with Gasteiger partial charge in [0.25, 0.3) is 0 Å². The molecule has 4 rings (SSSR count). The number of halogens is 1. The first kappa shape index (κ1) is 20.8. The lowest BCUT2D eigenvalue weighted by atomic mass is 9.82. The standard InChI is InChI=1S/C18H26N4O3S.HI/c1-19-18(22-10-14-15(11-22)17-7-6-16(14)25-17)21-9-12-4-3-5-13(8-12)26(23,24)20-2;/h3-5,8,14-17,20H,6-7,9-11H2,1-2H3,(H,19,21);1H. The number of ether oxygens (including phenoxy) is 1. The quantitative estimate of drug-likeness (QED) is 0.367. The van der Waals surface area contributed by atoms with E-state index in [1.165, 1.54) is 19.9 Å². The third-order valence-electron chi connectivity index (χ3n) is 5.89. The summed E-state index contributed by atoms with van der Waals surface area (Å²) in [5.74, 6) is 2.12. The van der Waals surface area contributed by atoms with Gasteiger partial charge in [-0.2, -0.15) is 0 Å². The molecule has 3 saturated heterocycles. The van der Waals surface area contributed by atoms with Gasteiger partial charge in [0.15, 0.2) is 5.96 Å². The molecule has 0 amide bonds. The fraction of sp³-hybridized carbons (Fsp3) is 0.611. The molecule has 2 N–H and O–H groups in total. The molecule has 7 nitrogen and oxygen atoms in total. The van der Waals surface area contributed by atoms with Crippen LogP contribution in [0.1, 0.15) is 18.4 Å². The van der Waals surface area contributed by atoms with Crippen LogP contribution < -0.4 is 10.0 Å². The molecule has 3 aliphatic rings. The Morgan fingerprint density at radius 2 is 1.93 bits per heavy atom. The van der Waals surface area contributed by atoms with Gasteiger partial charge in [-0.1, -0.05) is 12.1 Å². The van der Waals surface area contributed by atoms with Crippen molar-refractivity contribution in [3.63, 3.8) is 0 Å². The summed E-state index contributed by atoms with van der Waals surface area (Å²) in [5, 5.41) is 3.38. The van der Waals surface area contributed by atoms with Crippen molar-refractivity contribution in [1.82, 2.24) is 14.9 Å². The van der Waals surface area contributed by atoms with E-state index in [9.17, 15) is 8.42 Å². The van der Waals surface area contributed by atoms with Gasteiger partial charge in [0, 0.05) is 38.5 Å². The van der Waals surface area contributed by atoms with Gasteiger partial charge in [0.1, 0.15) is 0 Å². The Hall–Kier alpha value is -0.910. The number of aliphatic imine (C=N–C) groups is 1. The second-order valence-electron chi connectivity index (χ2n) is 7.28. The average molecular weight is 506 g/mol. The van der Waals surface area contributed by atoms with Gasteiger partial charge in [0.05, 0.1) is 17.1 Å². The normalized spacial score (nSPS) is 29.6. The van der Waals surface area contributed by atoms with E-state index in [1.54, 1.807) is 25.2 Å².